The molecule has 1 heterocycles. The SMILES string of the molecule is CCc1cccc(Cc2cccc(C(=O)OC)n2)c1. The van der Waals surface area contributed by atoms with Crippen LogP contribution in [-0.2, 0) is 17.6 Å². The van der Waals surface area contributed by atoms with Crippen LogP contribution >= 0.6 is 0 Å². The van der Waals surface area contributed by atoms with Crippen LogP contribution in [0.25, 0.3) is 0 Å². The summed E-state index contributed by atoms with van der Waals surface area (Å²) in [4.78, 5) is 15.8. The number of ether oxygens (including phenoxy) is 1. The molecule has 19 heavy (non-hydrogen) atoms. The zero-order chi connectivity index (χ0) is 13.7. The lowest BCUT2D eigenvalue weighted by Crippen LogP contribution is -2.06. The molecular formula is C16H17NO2. The Hall–Kier alpha value is -2.16. The number of nitrogens with zero attached hydrogens (tertiary/aromatic N) is 1. The fraction of sp³-hybridized carbons (Fsp3) is 0.250. The molecule has 0 saturated heterocycles. The van der Waals surface area contributed by atoms with Crippen LogP contribution in [0.4, 0.5) is 0 Å². The predicted octanol–water partition coefficient (Wildman–Crippen LogP) is 3.02. The summed E-state index contributed by atoms with van der Waals surface area (Å²) < 4.78 is 4.68. The third-order valence-electron chi connectivity index (χ3n) is 2.99. The van der Waals surface area contributed by atoms with Gasteiger partial charge in [-0.15, -0.1) is 0 Å². The van der Waals surface area contributed by atoms with Crippen molar-refractivity contribution in [3.63, 3.8) is 0 Å². The number of benzene rings is 1. The third-order valence-corrected chi connectivity index (χ3v) is 2.99. The first-order valence-electron chi connectivity index (χ1n) is 6.35. The third kappa shape index (κ3) is 3.41. The molecule has 0 fully saturated rings. The summed E-state index contributed by atoms with van der Waals surface area (Å²) in [5.41, 5.74) is 3.73. The largest absolute Gasteiger partial charge is 0.464 e. The number of carbonyl (C=O) groups is 1. The molecule has 0 saturated carbocycles. The van der Waals surface area contributed by atoms with Crippen LogP contribution in [-0.4, -0.2) is 18.1 Å². The molecule has 1 aromatic heterocycles. The highest BCUT2D eigenvalue weighted by Gasteiger charge is 2.07. The Morgan fingerprint density at radius 3 is 2.63 bits per heavy atom. The molecule has 0 atom stereocenters. The normalized spacial score (nSPS) is 10.2. The summed E-state index contributed by atoms with van der Waals surface area (Å²) >= 11 is 0. The molecule has 3 nitrogen and oxygen atoms in total. The summed E-state index contributed by atoms with van der Waals surface area (Å²) in [5, 5.41) is 0. The molecule has 2 rings (SSSR count). The lowest BCUT2D eigenvalue weighted by atomic mass is 10.0. The molecule has 3 heteroatoms. The fourth-order valence-corrected chi connectivity index (χ4v) is 1.96. The van der Waals surface area contributed by atoms with E-state index in [1.54, 1.807) is 6.07 Å². The average molecular weight is 255 g/mol. The van der Waals surface area contributed by atoms with E-state index < -0.39 is 5.97 Å². The van der Waals surface area contributed by atoms with Gasteiger partial charge in [-0.3, -0.25) is 0 Å². The van der Waals surface area contributed by atoms with Gasteiger partial charge in [0.05, 0.1) is 7.11 Å². The first-order valence-corrected chi connectivity index (χ1v) is 6.35. The Labute approximate surface area is 113 Å². The maximum atomic E-state index is 11.4. The molecule has 0 amide bonds. The minimum absolute atomic E-state index is 0.353. The second-order valence-corrected chi connectivity index (χ2v) is 4.36. The second kappa shape index (κ2) is 6.14. The first kappa shape index (κ1) is 13.3. The lowest BCUT2D eigenvalue weighted by molar-refractivity contribution is 0.0593. The highest BCUT2D eigenvalue weighted by molar-refractivity contribution is 5.87. The van der Waals surface area contributed by atoms with Gasteiger partial charge in [-0.2, -0.15) is 0 Å². The summed E-state index contributed by atoms with van der Waals surface area (Å²) in [7, 11) is 1.36. The van der Waals surface area contributed by atoms with Crippen LogP contribution in [0.15, 0.2) is 42.5 Å². The summed E-state index contributed by atoms with van der Waals surface area (Å²) in [6, 6.07) is 13.8. The highest BCUT2D eigenvalue weighted by Crippen LogP contribution is 2.11. The number of rotatable bonds is 4. The first-order chi connectivity index (χ1) is 9.22. The smallest absolute Gasteiger partial charge is 0.356 e. The van der Waals surface area contributed by atoms with Crippen molar-refractivity contribution in [1.82, 2.24) is 4.98 Å². The Bertz CT molecular complexity index is 578. The van der Waals surface area contributed by atoms with Gasteiger partial charge in [0.1, 0.15) is 5.69 Å². The molecule has 98 valence electrons. The Morgan fingerprint density at radius 2 is 1.89 bits per heavy atom. The second-order valence-electron chi connectivity index (χ2n) is 4.36. The van der Waals surface area contributed by atoms with E-state index in [-0.39, 0.29) is 0 Å². The van der Waals surface area contributed by atoms with E-state index in [2.05, 4.69) is 40.9 Å². The molecule has 0 radical (unpaired) electrons. The highest BCUT2D eigenvalue weighted by atomic mass is 16.5. The fourth-order valence-electron chi connectivity index (χ4n) is 1.96. The van der Waals surface area contributed by atoms with Gasteiger partial charge in [0, 0.05) is 12.1 Å². The van der Waals surface area contributed by atoms with Crippen LogP contribution in [0.2, 0.25) is 0 Å². The van der Waals surface area contributed by atoms with Crippen LogP contribution in [0.5, 0.6) is 0 Å². The van der Waals surface area contributed by atoms with E-state index in [0.717, 1.165) is 18.5 Å². The molecule has 1 aromatic carbocycles. The molecule has 2 aromatic rings. The number of aryl methyl sites for hydroxylation is 1. The van der Waals surface area contributed by atoms with Crippen molar-refractivity contribution in [2.45, 2.75) is 19.8 Å². The van der Waals surface area contributed by atoms with Crippen LogP contribution in [0.3, 0.4) is 0 Å². The molecular weight excluding hydrogens is 238 g/mol. The molecule has 0 N–H and O–H groups in total. The van der Waals surface area contributed by atoms with Crippen molar-refractivity contribution in [3.05, 3.63) is 65.0 Å². The number of hydrogen-bond donors (Lipinski definition) is 0. The van der Waals surface area contributed by atoms with E-state index in [1.807, 2.05) is 12.1 Å². The Morgan fingerprint density at radius 1 is 1.16 bits per heavy atom. The van der Waals surface area contributed by atoms with Gasteiger partial charge in [-0.1, -0.05) is 37.3 Å². The van der Waals surface area contributed by atoms with Crippen molar-refractivity contribution in [2.24, 2.45) is 0 Å². The zero-order valence-corrected chi connectivity index (χ0v) is 11.2. The van der Waals surface area contributed by atoms with Crippen molar-refractivity contribution < 1.29 is 9.53 Å². The van der Waals surface area contributed by atoms with E-state index in [4.69, 9.17) is 0 Å². The van der Waals surface area contributed by atoms with E-state index in [1.165, 1.54) is 18.2 Å². The lowest BCUT2D eigenvalue weighted by Gasteiger charge is -2.05. The molecule has 0 unspecified atom stereocenters. The minimum Gasteiger partial charge on any atom is -0.464 e. The number of pyridine rings is 1. The zero-order valence-electron chi connectivity index (χ0n) is 11.2. The molecule has 0 aliphatic heterocycles. The van der Waals surface area contributed by atoms with E-state index in [9.17, 15) is 4.79 Å². The molecule has 0 aliphatic carbocycles. The van der Waals surface area contributed by atoms with E-state index in [0.29, 0.717) is 5.69 Å². The van der Waals surface area contributed by atoms with Crippen molar-refractivity contribution in [3.8, 4) is 0 Å². The molecule has 0 bridgehead atoms. The van der Waals surface area contributed by atoms with Gasteiger partial charge in [-0.25, -0.2) is 9.78 Å². The predicted molar refractivity (Wildman–Crippen MR) is 74.2 cm³/mol. The van der Waals surface area contributed by atoms with Gasteiger partial charge in [0.15, 0.2) is 0 Å². The summed E-state index contributed by atoms with van der Waals surface area (Å²) in [5.74, 6) is -0.399. The number of esters is 1. The van der Waals surface area contributed by atoms with Crippen molar-refractivity contribution in [2.75, 3.05) is 7.11 Å². The number of hydrogen-bond acceptors (Lipinski definition) is 3. The van der Waals surface area contributed by atoms with Gasteiger partial charge in [-0.05, 0) is 29.7 Å². The number of aromatic nitrogens is 1. The van der Waals surface area contributed by atoms with Gasteiger partial charge < -0.3 is 4.74 Å². The number of carbonyl (C=O) groups excluding carboxylic acids is 1. The molecule has 0 aliphatic rings. The summed E-state index contributed by atoms with van der Waals surface area (Å²) in [6.45, 7) is 2.13. The standard InChI is InChI=1S/C16H17NO2/c1-3-12-6-4-7-13(10-12)11-14-8-5-9-15(17-14)16(18)19-2/h4-10H,3,11H2,1-2H3. The number of methoxy groups -OCH3 is 1. The van der Waals surface area contributed by atoms with Crippen molar-refractivity contribution >= 4 is 5.97 Å². The van der Waals surface area contributed by atoms with Gasteiger partial charge >= 0.3 is 5.97 Å². The quantitative estimate of drug-likeness (QED) is 0.788. The van der Waals surface area contributed by atoms with Gasteiger partial charge in [0.2, 0.25) is 0 Å². The maximum absolute atomic E-state index is 11.4. The van der Waals surface area contributed by atoms with Crippen LogP contribution in [0, 0.1) is 0 Å². The van der Waals surface area contributed by atoms with E-state index >= 15 is 0 Å². The monoisotopic (exact) mass is 255 g/mol. The Balaban J connectivity index is 2.20. The average Bonchev–Trinajstić information content (AvgIpc) is 2.47. The van der Waals surface area contributed by atoms with Gasteiger partial charge in [0.25, 0.3) is 0 Å². The van der Waals surface area contributed by atoms with Crippen LogP contribution in [0.1, 0.15) is 34.2 Å². The van der Waals surface area contributed by atoms with Crippen LogP contribution < -0.4 is 0 Å². The topological polar surface area (TPSA) is 39.2 Å². The maximum Gasteiger partial charge on any atom is 0.356 e. The molecule has 0 spiro atoms. The van der Waals surface area contributed by atoms with Crippen molar-refractivity contribution in [1.29, 1.82) is 0 Å². The Kier molecular flexibility index (Phi) is 4.29. The minimum atomic E-state index is -0.399. The summed E-state index contributed by atoms with van der Waals surface area (Å²) in [6.07, 6.45) is 1.74.